The Morgan fingerprint density at radius 3 is 2.10 bits per heavy atom. The van der Waals surface area contributed by atoms with Gasteiger partial charge in [-0.15, -0.1) is 11.8 Å². The van der Waals surface area contributed by atoms with Gasteiger partial charge in [-0.25, -0.2) is 0 Å². The van der Waals surface area contributed by atoms with Crippen LogP contribution in [0.1, 0.15) is 46.2 Å². The molecule has 0 aliphatic heterocycles. The number of rotatable bonds is 5. The molecule has 3 N–H and O–H groups in total. The van der Waals surface area contributed by atoms with Crippen LogP contribution in [0.15, 0.2) is 29.2 Å². The van der Waals surface area contributed by atoms with Crippen molar-refractivity contribution in [3.05, 3.63) is 29.8 Å². The third kappa shape index (κ3) is 3.76. The van der Waals surface area contributed by atoms with Crippen molar-refractivity contribution in [2.24, 2.45) is 11.1 Å². The Kier molecular flexibility index (Phi) is 5.27. The van der Waals surface area contributed by atoms with E-state index in [0.717, 1.165) is 5.56 Å². The minimum absolute atomic E-state index is 0.0218. The van der Waals surface area contributed by atoms with Crippen LogP contribution in [0, 0.1) is 5.41 Å². The molecule has 4 heteroatoms. The lowest BCUT2D eigenvalue weighted by Crippen LogP contribution is -2.55. The van der Waals surface area contributed by atoms with Gasteiger partial charge in [0.25, 0.3) is 0 Å². The average molecular weight is 294 g/mol. The third-order valence-corrected chi connectivity index (χ3v) is 4.89. The first kappa shape index (κ1) is 17.1. The summed E-state index contributed by atoms with van der Waals surface area (Å²) in [6, 6.07) is 8.22. The van der Waals surface area contributed by atoms with Crippen molar-refractivity contribution in [1.82, 2.24) is 5.32 Å². The molecule has 1 unspecified atom stereocenters. The minimum Gasteiger partial charge on any atom is -0.349 e. The van der Waals surface area contributed by atoms with Crippen molar-refractivity contribution >= 4 is 17.7 Å². The van der Waals surface area contributed by atoms with E-state index in [2.05, 4.69) is 29.6 Å². The maximum absolute atomic E-state index is 12.4. The fraction of sp³-hybridized carbons (Fsp3) is 0.562. The molecule has 1 aromatic rings. The lowest BCUT2D eigenvalue weighted by molar-refractivity contribution is -0.132. The summed E-state index contributed by atoms with van der Waals surface area (Å²) in [5, 5.41) is 3.05. The predicted molar refractivity (Wildman–Crippen MR) is 86.8 cm³/mol. The Bertz CT molecular complexity index is 460. The van der Waals surface area contributed by atoms with Gasteiger partial charge in [-0.3, -0.25) is 4.79 Å². The Morgan fingerprint density at radius 2 is 1.70 bits per heavy atom. The van der Waals surface area contributed by atoms with Gasteiger partial charge in [-0.1, -0.05) is 12.1 Å². The number of carbonyl (C=O) groups excluding carboxylic acids is 1. The van der Waals surface area contributed by atoms with E-state index in [1.54, 1.807) is 11.8 Å². The fourth-order valence-electron chi connectivity index (χ4n) is 1.65. The lowest BCUT2D eigenvalue weighted by Gasteiger charge is -2.37. The van der Waals surface area contributed by atoms with Gasteiger partial charge in [-0.2, -0.15) is 0 Å². The number of nitrogens with two attached hydrogens (primary N) is 1. The van der Waals surface area contributed by atoms with E-state index in [4.69, 9.17) is 5.73 Å². The first-order chi connectivity index (χ1) is 9.09. The largest absolute Gasteiger partial charge is 0.349 e. The summed E-state index contributed by atoms with van der Waals surface area (Å²) >= 11 is 1.71. The summed E-state index contributed by atoms with van der Waals surface area (Å²) in [5.41, 5.74) is 6.01. The molecule has 20 heavy (non-hydrogen) atoms. The van der Waals surface area contributed by atoms with Crippen LogP contribution in [0.4, 0.5) is 0 Å². The van der Waals surface area contributed by atoms with Crippen LogP contribution in [0.2, 0.25) is 0 Å². The van der Waals surface area contributed by atoms with Crippen molar-refractivity contribution in [1.29, 1.82) is 0 Å². The third-order valence-electron chi connectivity index (χ3n) is 4.14. The molecule has 0 saturated heterocycles. The Balaban J connectivity index is 2.79. The molecule has 1 rings (SSSR count). The Morgan fingerprint density at radius 1 is 1.20 bits per heavy atom. The average Bonchev–Trinajstić information content (AvgIpc) is 2.37. The maximum atomic E-state index is 12.4. The van der Waals surface area contributed by atoms with Crippen molar-refractivity contribution in [3.63, 3.8) is 0 Å². The van der Waals surface area contributed by atoms with E-state index in [-0.39, 0.29) is 11.9 Å². The molecular formula is C16H26N2OS. The SMILES string of the molecule is CSc1ccc(C(C)NC(=O)C(C)(C)C(C)(C)N)cc1. The normalized spacial score (nSPS) is 13.9. The van der Waals surface area contributed by atoms with Crippen molar-refractivity contribution in [2.45, 2.75) is 51.1 Å². The minimum atomic E-state index is -0.625. The molecule has 112 valence electrons. The van der Waals surface area contributed by atoms with Gasteiger partial charge in [-0.05, 0) is 58.6 Å². The summed E-state index contributed by atoms with van der Waals surface area (Å²) in [5.74, 6) is -0.0218. The van der Waals surface area contributed by atoms with Crippen molar-refractivity contribution in [2.75, 3.05) is 6.26 Å². The molecule has 3 nitrogen and oxygen atoms in total. The second kappa shape index (κ2) is 6.19. The number of amides is 1. The van der Waals surface area contributed by atoms with Crippen molar-refractivity contribution < 1.29 is 4.79 Å². The molecule has 0 aromatic heterocycles. The van der Waals surface area contributed by atoms with Crippen LogP contribution in [-0.4, -0.2) is 17.7 Å². The van der Waals surface area contributed by atoms with Gasteiger partial charge in [0.05, 0.1) is 11.5 Å². The second-order valence-electron chi connectivity index (χ2n) is 6.31. The van der Waals surface area contributed by atoms with Crippen LogP contribution in [-0.2, 0) is 4.79 Å². The monoisotopic (exact) mass is 294 g/mol. The zero-order valence-corrected chi connectivity index (χ0v) is 14.1. The van der Waals surface area contributed by atoms with Gasteiger partial charge in [0, 0.05) is 10.4 Å². The van der Waals surface area contributed by atoms with Crippen LogP contribution in [0.5, 0.6) is 0 Å². The van der Waals surface area contributed by atoms with Crippen LogP contribution in [0.25, 0.3) is 0 Å². The van der Waals surface area contributed by atoms with Gasteiger partial charge in [0.1, 0.15) is 0 Å². The highest BCUT2D eigenvalue weighted by Gasteiger charge is 2.40. The van der Waals surface area contributed by atoms with Crippen LogP contribution < -0.4 is 11.1 Å². The highest BCUT2D eigenvalue weighted by molar-refractivity contribution is 7.98. The summed E-state index contributed by atoms with van der Waals surface area (Å²) in [6.45, 7) is 9.51. The number of thioether (sulfide) groups is 1. The fourth-order valence-corrected chi connectivity index (χ4v) is 2.05. The van der Waals surface area contributed by atoms with Crippen LogP contribution >= 0.6 is 11.8 Å². The van der Waals surface area contributed by atoms with Crippen molar-refractivity contribution in [3.8, 4) is 0 Å². The smallest absolute Gasteiger partial charge is 0.227 e. The molecule has 0 radical (unpaired) electrons. The zero-order chi connectivity index (χ0) is 15.6. The van der Waals surface area contributed by atoms with Gasteiger partial charge in [0.15, 0.2) is 0 Å². The second-order valence-corrected chi connectivity index (χ2v) is 7.19. The Hall–Kier alpha value is -1.00. The van der Waals surface area contributed by atoms with Crippen LogP contribution in [0.3, 0.4) is 0 Å². The number of nitrogens with one attached hydrogen (secondary N) is 1. The summed E-state index contributed by atoms with van der Waals surface area (Å²) in [4.78, 5) is 13.6. The first-order valence-corrected chi connectivity index (χ1v) is 8.06. The molecule has 0 heterocycles. The summed E-state index contributed by atoms with van der Waals surface area (Å²) in [6.07, 6.45) is 2.05. The summed E-state index contributed by atoms with van der Waals surface area (Å²) < 4.78 is 0. The van der Waals surface area contributed by atoms with E-state index >= 15 is 0 Å². The molecule has 0 aliphatic carbocycles. The molecule has 1 aromatic carbocycles. The van der Waals surface area contributed by atoms with Gasteiger partial charge >= 0.3 is 0 Å². The molecule has 0 saturated carbocycles. The van der Waals surface area contributed by atoms with E-state index in [1.165, 1.54) is 4.90 Å². The number of hydrogen-bond acceptors (Lipinski definition) is 3. The predicted octanol–water partition coefficient (Wildman–Crippen LogP) is 3.35. The quantitative estimate of drug-likeness (QED) is 0.819. The summed E-state index contributed by atoms with van der Waals surface area (Å²) in [7, 11) is 0. The van der Waals surface area contributed by atoms with E-state index in [9.17, 15) is 4.79 Å². The van der Waals surface area contributed by atoms with E-state index in [0.29, 0.717) is 0 Å². The maximum Gasteiger partial charge on any atom is 0.227 e. The number of hydrogen-bond donors (Lipinski definition) is 2. The van der Waals surface area contributed by atoms with E-state index < -0.39 is 11.0 Å². The van der Waals surface area contributed by atoms with Gasteiger partial charge in [0.2, 0.25) is 5.91 Å². The lowest BCUT2D eigenvalue weighted by atomic mass is 9.74. The number of benzene rings is 1. The molecule has 0 aliphatic rings. The first-order valence-electron chi connectivity index (χ1n) is 6.83. The highest BCUT2D eigenvalue weighted by Crippen LogP contribution is 2.29. The molecule has 0 spiro atoms. The molecular weight excluding hydrogens is 268 g/mol. The van der Waals surface area contributed by atoms with Gasteiger partial charge < -0.3 is 11.1 Å². The molecule has 1 amide bonds. The van der Waals surface area contributed by atoms with E-state index in [1.807, 2.05) is 40.9 Å². The molecule has 0 fully saturated rings. The molecule has 1 atom stereocenters. The molecule has 0 bridgehead atoms. The standard InChI is InChI=1S/C16H26N2OS/c1-11(12-7-9-13(20-6)10-8-12)18-14(19)15(2,3)16(4,5)17/h7-11H,17H2,1-6H3,(H,18,19). The number of carbonyl (C=O) groups is 1. The highest BCUT2D eigenvalue weighted by atomic mass is 32.2. The zero-order valence-electron chi connectivity index (χ0n) is 13.3. The topological polar surface area (TPSA) is 55.1 Å². The Labute approximate surface area is 126 Å².